The molecular weight excluding hydrogens is 420 g/mol. The molecule has 0 atom stereocenters. The number of aromatic amines is 1. The van der Waals surface area contributed by atoms with E-state index in [1.165, 1.54) is 0 Å². The normalized spacial score (nSPS) is 10.9. The summed E-state index contributed by atoms with van der Waals surface area (Å²) in [7, 11) is 1.89. The van der Waals surface area contributed by atoms with Crippen LogP contribution >= 0.6 is 0 Å². The summed E-state index contributed by atoms with van der Waals surface area (Å²) in [5, 5.41) is 20.8. The van der Waals surface area contributed by atoms with Gasteiger partial charge in [0.1, 0.15) is 18.2 Å². The van der Waals surface area contributed by atoms with Crippen LogP contribution in [0.5, 0.6) is 5.75 Å². The van der Waals surface area contributed by atoms with Gasteiger partial charge in [0.15, 0.2) is 0 Å². The van der Waals surface area contributed by atoms with E-state index in [2.05, 4.69) is 15.3 Å². The number of ether oxygens (including phenoxy) is 1. The van der Waals surface area contributed by atoms with Crippen LogP contribution < -0.4 is 15.0 Å². The monoisotopic (exact) mass is 446 g/mol. The second-order valence-corrected chi connectivity index (χ2v) is 7.56. The highest BCUT2D eigenvalue weighted by atomic mass is 16.5. The minimum absolute atomic E-state index is 0.0303. The van der Waals surface area contributed by atoms with Gasteiger partial charge in [-0.2, -0.15) is 0 Å². The van der Waals surface area contributed by atoms with E-state index in [0.29, 0.717) is 29.4 Å². The van der Waals surface area contributed by atoms with Crippen molar-refractivity contribution in [2.24, 2.45) is 0 Å². The topological polar surface area (TPSA) is 111 Å². The maximum absolute atomic E-state index is 12.7. The molecule has 1 heterocycles. The van der Waals surface area contributed by atoms with Crippen molar-refractivity contribution in [3.05, 3.63) is 72.3 Å². The molecule has 0 saturated heterocycles. The second-order valence-electron chi connectivity index (χ2n) is 7.56. The first-order valence-electron chi connectivity index (χ1n) is 10.6. The average Bonchev–Trinajstić information content (AvgIpc) is 3.27. The Balaban J connectivity index is 1.46. The number of carbonyl (C=O) groups is 1. The molecular formula is C25H26N4O4. The number of H-pyrrole nitrogens is 1. The van der Waals surface area contributed by atoms with Crippen LogP contribution in [0.4, 0.5) is 11.4 Å². The summed E-state index contributed by atoms with van der Waals surface area (Å²) in [6, 6.07) is 20.2. The molecule has 4 rings (SSSR count). The van der Waals surface area contributed by atoms with Crippen LogP contribution in [-0.2, 0) is 0 Å². The van der Waals surface area contributed by atoms with E-state index >= 15 is 0 Å². The van der Waals surface area contributed by atoms with Crippen LogP contribution in [-0.4, -0.2) is 59.5 Å². The van der Waals surface area contributed by atoms with Gasteiger partial charge in [-0.05, 0) is 66.7 Å². The first kappa shape index (κ1) is 22.3. The molecule has 0 aliphatic carbocycles. The van der Waals surface area contributed by atoms with E-state index in [1.54, 1.807) is 12.1 Å². The fourth-order valence-electron chi connectivity index (χ4n) is 3.45. The third-order valence-corrected chi connectivity index (χ3v) is 5.23. The predicted octanol–water partition coefficient (Wildman–Crippen LogP) is 3.28. The summed E-state index contributed by atoms with van der Waals surface area (Å²) in [4.78, 5) is 22.5. The van der Waals surface area contributed by atoms with Gasteiger partial charge in [-0.3, -0.25) is 4.79 Å². The van der Waals surface area contributed by atoms with Crippen molar-refractivity contribution in [3.63, 3.8) is 0 Å². The van der Waals surface area contributed by atoms with E-state index in [9.17, 15) is 4.79 Å². The Morgan fingerprint density at radius 2 is 1.79 bits per heavy atom. The number of anilines is 2. The van der Waals surface area contributed by atoms with E-state index in [0.717, 1.165) is 22.3 Å². The number of aromatic nitrogens is 2. The molecule has 0 aliphatic heterocycles. The Morgan fingerprint density at radius 1 is 1.03 bits per heavy atom. The number of nitrogens with one attached hydrogen (secondary N) is 2. The zero-order valence-electron chi connectivity index (χ0n) is 18.3. The SMILES string of the molecule is CN(CCO)c1ccc(C(=O)Nc2ccc3nc(-c4ccc(OCCO)cc4)[nH]c3c2)cc1. The highest BCUT2D eigenvalue weighted by Crippen LogP contribution is 2.25. The zero-order valence-corrected chi connectivity index (χ0v) is 18.3. The number of likely N-dealkylation sites (N-methyl/N-ethyl adjacent to an activating group) is 1. The standard InChI is InChI=1S/C25H26N4O4/c1-29(12-13-30)20-7-2-18(3-8-20)25(32)26-19-6-11-22-23(16-19)28-24(27-22)17-4-9-21(10-5-17)33-15-14-31/h2-11,16,30-31H,12-15H2,1H3,(H,26,32)(H,27,28). The molecule has 8 nitrogen and oxygen atoms in total. The quantitative estimate of drug-likeness (QED) is 0.314. The number of nitrogens with zero attached hydrogens (tertiary/aromatic N) is 2. The summed E-state index contributed by atoms with van der Waals surface area (Å²) in [5.74, 6) is 1.19. The molecule has 0 saturated carbocycles. The van der Waals surface area contributed by atoms with Crippen LogP contribution in [0.15, 0.2) is 66.7 Å². The van der Waals surface area contributed by atoms with E-state index in [1.807, 2.05) is 66.5 Å². The van der Waals surface area contributed by atoms with Gasteiger partial charge in [-0.1, -0.05) is 0 Å². The lowest BCUT2D eigenvalue weighted by atomic mass is 10.1. The molecule has 0 bridgehead atoms. The van der Waals surface area contributed by atoms with Crippen LogP contribution in [0.1, 0.15) is 10.4 Å². The van der Waals surface area contributed by atoms with E-state index < -0.39 is 0 Å². The van der Waals surface area contributed by atoms with Gasteiger partial charge in [0.05, 0.1) is 24.2 Å². The number of aliphatic hydroxyl groups is 2. The lowest BCUT2D eigenvalue weighted by Gasteiger charge is -2.18. The summed E-state index contributed by atoms with van der Waals surface area (Å²) in [6.45, 7) is 0.821. The molecule has 3 aromatic carbocycles. The van der Waals surface area contributed by atoms with Gasteiger partial charge >= 0.3 is 0 Å². The Bertz CT molecular complexity index is 1220. The van der Waals surface area contributed by atoms with Gasteiger partial charge in [0.25, 0.3) is 5.91 Å². The van der Waals surface area contributed by atoms with Gasteiger partial charge in [0.2, 0.25) is 0 Å². The molecule has 33 heavy (non-hydrogen) atoms. The van der Waals surface area contributed by atoms with E-state index in [4.69, 9.17) is 14.9 Å². The van der Waals surface area contributed by atoms with Crippen LogP contribution in [0.2, 0.25) is 0 Å². The Hall–Kier alpha value is -3.88. The molecule has 8 heteroatoms. The summed E-state index contributed by atoms with van der Waals surface area (Å²) < 4.78 is 5.39. The largest absolute Gasteiger partial charge is 0.491 e. The van der Waals surface area contributed by atoms with Crippen molar-refractivity contribution in [1.82, 2.24) is 9.97 Å². The number of carbonyl (C=O) groups excluding carboxylic acids is 1. The van der Waals surface area contributed by atoms with Crippen molar-refractivity contribution in [1.29, 1.82) is 0 Å². The number of imidazole rings is 1. The molecule has 0 unspecified atom stereocenters. The molecule has 170 valence electrons. The third kappa shape index (κ3) is 5.31. The molecule has 0 spiro atoms. The molecule has 1 aromatic heterocycles. The van der Waals surface area contributed by atoms with Crippen molar-refractivity contribution < 1.29 is 19.7 Å². The van der Waals surface area contributed by atoms with Crippen LogP contribution in [0.3, 0.4) is 0 Å². The molecule has 0 fully saturated rings. The molecule has 1 amide bonds. The minimum atomic E-state index is -0.205. The van der Waals surface area contributed by atoms with Crippen molar-refractivity contribution in [2.45, 2.75) is 0 Å². The zero-order chi connectivity index (χ0) is 23.2. The molecule has 4 N–H and O–H groups in total. The highest BCUT2D eigenvalue weighted by molar-refractivity contribution is 6.05. The Morgan fingerprint density at radius 3 is 2.48 bits per heavy atom. The van der Waals surface area contributed by atoms with E-state index in [-0.39, 0.29) is 25.7 Å². The fourth-order valence-corrected chi connectivity index (χ4v) is 3.45. The van der Waals surface area contributed by atoms with Crippen LogP contribution in [0, 0.1) is 0 Å². The molecule has 0 radical (unpaired) electrons. The maximum atomic E-state index is 12.7. The maximum Gasteiger partial charge on any atom is 0.255 e. The lowest BCUT2D eigenvalue weighted by Crippen LogP contribution is -2.21. The average molecular weight is 447 g/mol. The second kappa shape index (κ2) is 10.2. The number of rotatable bonds is 9. The number of aliphatic hydroxyl groups excluding tert-OH is 2. The van der Waals surface area contributed by atoms with Crippen molar-refractivity contribution >= 4 is 28.3 Å². The van der Waals surface area contributed by atoms with Gasteiger partial charge in [0, 0.05) is 36.1 Å². The number of fused-ring (bicyclic) bond motifs is 1. The number of hydrogen-bond donors (Lipinski definition) is 4. The molecule has 0 aliphatic rings. The summed E-state index contributed by atoms with van der Waals surface area (Å²) >= 11 is 0. The van der Waals surface area contributed by atoms with Crippen LogP contribution in [0.25, 0.3) is 22.4 Å². The van der Waals surface area contributed by atoms with Crippen molar-refractivity contribution in [3.8, 4) is 17.1 Å². The summed E-state index contributed by atoms with van der Waals surface area (Å²) in [5.41, 5.74) is 4.64. The highest BCUT2D eigenvalue weighted by Gasteiger charge is 2.10. The lowest BCUT2D eigenvalue weighted by molar-refractivity contribution is 0.102. The number of benzene rings is 3. The van der Waals surface area contributed by atoms with Gasteiger partial charge in [-0.25, -0.2) is 4.98 Å². The van der Waals surface area contributed by atoms with Gasteiger partial charge < -0.3 is 30.2 Å². The molecule has 4 aromatic rings. The fraction of sp³-hybridized carbons (Fsp3) is 0.200. The van der Waals surface area contributed by atoms with Crippen molar-refractivity contribution in [2.75, 3.05) is 43.6 Å². The number of hydrogen-bond acceptors (Lipinski definition) is 6. The minimum Gasteiger partial charge on any atom is -0.491 e. The predicted molar refractivity (Wildman–Crippen MR) is 129 cm³/mol. The smallest absolute Gasteiger partial charge is 0.255 e. The first-order chi connectivity index (χ1) is 16.1. The Labute approximate surface area is 191 Å². The first-order valence-corrected chi connectivity index (χ1v) is 10.6. The third-order valence-electron chi connectivity index (χ3n) is 5.23. The Kier molecular flexibility index (Phi) is 6.87. The summed E-state index contributed by atoms with van der Waals surface area (Å²) in [6.07, 6.45) is 0. The number of amides is 1. The van der Waals surface area contributed by atoms with Gasteiger partial charge in [-0.15, -0.1) is 0 Å².